The summed E-state index contributed by atoms with van der Waals surface area (Å²) in [7, 11) is -1.85. The Hall–Kier alpha value is 0.0869. The second-order valence-electron chi connectivity index (χ2n) is 8.00. The highest BCUT2D eigenvalue weighted by Crippen LogP contribution is 2.46. The van der Waals surface area contributed by atoms with E-state index in [2.05, 4.69) is 87.6 Å². The number of halogens is 1. The van der Waals surface area contributed by atoms with Crippen molar-refractivity contribution in [3.8, 4) is 0 Å². The summed E-state index contributed by atoms with van der Waals surface area (Å²) >= 11 is 2.39. The Labute approximate surface area is 150 Å². The minimum Gasteiger partial charge on any atom is -0.407 e. The van der Waals surface area contributed by atoms with Gasteiger partial charge in [0.25, 0.3) is 0 Å². The highest BCUT2D eigenvalue weighted by Gasteiger charge is 2.47. The van der Waals surface area contributed by atoms with Crippen molar-refractivity contribution in [1.82, 2.24) is 0 Å². The van der Waals surface area contributed by atoms with Gasteiger partial charge >= 0.3 is 0 Å². The van der Waals surface area contributed by atoms with Gasteiger partial charge < -0.3 is 9.16 Å². The predicted molar refractivity (Wildman–Crippen MR) is 104 cm³/mol. The van der Waals surface area contributed by atoms with Crippen LogP contribution in [0.4, 0.5) is 0 Å². The second kappa shape index (κ2) is 6.53. The fraction of sp³-hybridized carbons (Fsp3) is 0.667. The summed E-state index contributed by atoms with van der Waals surface area (Å²) in [6.45, 7) is 14.6. The summed E-state index contributed by atoms with van der Waals surface area (Å²) in [6.07, 6.45) is 2.14. The molecule has 2 unspecified atom stereocenters. The lowest BCUT2D eigenvalue weighted by atomic mass is 9.84. The molecule has 1 aliphatic heterocycles. The summed E-state index contributed by atoms with van der Waals surface area (Å²) in [5, 5.41) is 0.212. The van der Waals surface area contributed by atoms with Gasteiger partial charge in [-0.05, 0) is 65.3 Å². The Morgan fingerprint density at radius 3 is 2.55 bits per heavy atom. The first-order chi connectivity index (χ1) is 10.1. The van der Waals surface area contributed by atoms with Crippen LogP contribution in [0.25, 0.3) is 0 Å². The molecule has 0 amide bonds. The lowest BCUT2D eigenvalue weighted by molar-refractivity contribution is -0.0931. The fourth-order valence-electron chi connectivity index (χ4n) is 2.88. The van der Waals surface area contributed by atoms with Crippen LogP contribution in [0.3, 0.4) is 0 Å². The lowest BCUT2D eigenvalue weighted by Gasteiger charge is -2.49. The molecule has 1 heterocycles. The minimum atomic E-state index is -1.85. The molecule has 2 atom stereocenters. The van der Waals surface area contributed by atoms with Crippen LogP contribution >= 0.6 is 22.6 Å². The van der Waals surface area contributed by atoms with Crippen LogP contribution in [0.5, 0.6) is 0 Å². The molecule has 1 fully saturated rings. The molecule has 4 heteroatoms. The SMILES string of the molecule is CC1CC(O[Si](C)(C)C(C)(C)C)(c2cccc(I)c2)CCO1. The van der Waals surface area contributed by atoms with E-state index in [4.69, 9.17) is 9.16 Å². The quantitative estimate of drug-likeness (QED) is 0.450. The maximum Gasteiger partial charge on any atom is 0.193 e. The van der Waals surface area contributed by atoms with Crippen molar-refractivity contribution in [2.75, 3.05) is 6.61 Å². The van der Waals surface area contributed by atoms with Crippen molar-refractivity contribution in [3.05, 3.63) is 33.4 Å². The fourth-order valence-corrected chi connectivity index (χ4v) is 5.01. The highest BCUT2D eigenvalue weighted by molar-refractivity contribution is 14.1. The summed E-state index contributed by atoms with van der Waals surface area (Å²) in [5.74, 6) is 0. The normalized spacial score (nSPS) is 27.0. The number of hydrogen-bond donors (Lipinski definition) is 0. The summed E-state index contributed by atoms with van der Waals surface area (Å²) in [4.78, 5) is 0. The number of benzene rings is 1. The third-order valence-electron chi connectivity index (χ3n) is 5.13. The van der Waals surface area contributed by atoms with Gasteiger partial charge in [0.2, 0.25) is 0 Å². The van der Waals surface area contributed by atoms with Crippen molar-refractivity contribution in [1.29, 1.82) is 0 Å². The molecule has 0 spiro atoms. The van der Waals surface area contributed by atoms with E-state index in [1.807, 2.05) is 0 Å². The first kappa shape index (κ1) is 18.4. The van der Waals surface area contributed by atoms with Gasteiger partial charge in [0.05, 0.1) is 11.7 Å². The standard InChI is InChI=1S/C18H29IO2Si/c1-14-13-18(10-11-20-14,15-8-7-9-16(19)12-15)21-22(5,6)17(2,3)4/h7-9,12,14H,10-11,13H2,1-6H3. The average molecular weight is 432 g/mol. The van der Waals surface area contributed by atoms with Crippen molar-refractivity contribution < 1.29 is 9.16 Å². The summed E-state index contributed by atoms with van der Waals surface area (Å²) in [6, 6.07) is 8.81. The van der Waals surface area contributed by atoms with Crippen molar-refractivity contribution >= 4 is 30.9 Å². The van der Waals surface area contributed by atoms with E-state index in [0.717, 1.165) is 19.4 Å². The maximum absolute atomic E-state index is 7.00. The molecule has 0 bridgehead atoms. The third-order valence-corrected chi connectivity index (χ3v) is 10.3. The Kier molecular flexibility index (Phi) is 5.47. The molecular weight excluding hydrogens is 403 g/mol. The van der Waals surface area contributed by atoms with Gasteiger partial charge in [-0.2, -0.15) is 0 Å². The van der Waals surface area contributed by atoms with Crippen molar-refractivity contribution in [2.45, 2.75) is 70.4 Å². The monoisotopic (exact) mass is 432 g/mol. The zero-order valence-corrected chi connectivity index (χ0v) is 17.9. The number of hydrogen-bond acceptors (Lipinski definition) is 2. The molecule has 1 aromatic rings. The molecule has 124 valence electrons. The molecule has 1 aliphatic rings. The maximum atomic E-state index is 7.00. The van der Waals surface area contributed by atoms with Crippen molar-refractivity contribution in [3.63, 3.8) is 0 Å². The third kappa shape index (κ3) is 3.94. The van der Waals surface area contributed by atoms with Crippen molar-refractivity contribution in [2.24, 2.45) is 0 Å². The number of ether oxygens (including phenoxy) is 1. The van der Waals surface area contributed by atoms with E-state index < -0.39 is 8.32 Å². The Morgan fingerprint density at radius 1 is 1.32 bits per heavy atom. The zero-order valence-electron chi connectivity index (χ0n) is 14.7. The molecule has 2 rings (SSSR count). The van der Waals surface area contributed by atoms with Gasteiger partial charge in [-0.3, -0.25) is 0 Å². The predicted octanol–water partition coefficient (Wildman–Crippen LogP) is 5.71. The smallest absolute Gasteiger partial charge is 0.193 e. The number of rotatable bonds is 3. The molecular formula is C18H29IO2Si. The first-order valence-electron chi connectivity index (χ1n) is 8.14. The Morgan fingerprint density at radius 2 is 2.00 bits per heavy atom. The summed E-state index contributed by atoms with van der Waals surface area (Å²) < 4.78 is 14.1. The van der Waals surface area contributed by atoms with Crippen LogP contribution in [-0.4, -0.2) is 21.0 Å². The summed E-state index contributed by atoms with van der Waals surface area (Å²) in [5.41, 5.74) is 1.13. The van der Waals surface area contributed by atoms with Crippen LogP contribution in [-0.2, 0) is 14.8 Å². The van der Waals surface area contributed by atoms with E-state index >= 15 is 0 Å². The van der Waals surface area contributed by atoms with Gasteiger partial charge in [-0.25, -0.2) is 0 Å². The van der Waals surface area contributed by atoms with Crippen LogP contribution in [0.1, 0.15) is 46.1 Å². The second-order valence-corrected chi connectivity index (χ2v) is 14.0. The molecule has 0 radical (unpaired) electrons. The topological polar surface area (TPSA) is 18.5 Å². The molecule has 22 heavy (non-hydrogen) atoms. The van der Waals surface area contributed by atoms with Crippen LogP contribution in [0.15, 0.2) is 24.3 Å². The van der Waals surface area contributed by atoms with E-state index in [9.17, 15) is 0 Å². The van der Waals surface area contributed by atoms with Crippen LogP contribution < -0.4 is 0 Å². The molecule has 1 saturated heterocycles. The van der Waals surface area contributed by atoms with E-state index in [1.54, 1.807) is 0 Å². The lowest BCUT2D eigenvalue weighted by Crippen LogP contribution is -2.51. The first-order valence-corrected chi connectivity index (χ1v) is 12.1. The molecule has 1 aromatic carbocycles. The van der Waals surface area contributed by atoms with Gasteiger partial charge in [0.1, 0.15) is 0 Å². The molecule has 0 aliphatic carbocycles. The molecule has 0 saturated carbocycles. The largest absolute Gasteiger partial charge is 0.407 e. The van der Waals surface area contributed by atoms with Crippen LogP contribution in [0.2, 0.25) is 18.1 Å². The van der Waals surface area contributed by atoms with Gasteiger partial charge in [0.15, 0.2) is 8.32 Å². The molecule has 0 aromatic heterocycles. The molecule has 0 N–H and O–H groups in total. The highest BCUT2D eigenvalue weighted by atomic mass is 127. The van der Waals surface area contributed by atoms with Gasteiger partial charge in [-0.1, -0.05) is 32.9 Å². The van der Waals surface area contributed by atoms with Crippen LogP contribution in [0, 0.1) is 3.57 Å². The Balaban J connectivity index is 2.43. The Bertz CT molecular complexity index is 524. The van der Waals surface area contributed by atoms with E-state index in [1.165, 1.54) is 9.13 Å². The van der Waals surface area contributed by atoms with E-state index in [-0.39, 0.29) is 16.7 Å². The zero-order chi connectivity index (χ0) is 16.6. The molecule has 2 nitrogen and oxygen atoms in total. The minimum absolute atomic E-state index is 0.193. The van der Waals surface area contributed by atoms with E-state index in [0.29, 0.717) is 0 Å². The van der Waals surface area contributed by atoms with Gasteiger partial charge in [0, 0.05) is 23.0 Å². The van der Waals surface area contributed by atoms with Gasteiger partial charge in [-0.15, -0.1) is 0 Å². The average Bonchev–Trinajstić information content (AvgIpc) is 2.36.